The van der Waals surface area contributed by atoms with Crippen LogP contribution in [0.4, 0.5) is 0 Å². The first-order valence-corrected chi connectivity index (χ1v) is 6.17. The van der Waals surface area contributed by atoms with E-state index >= 15 is 0 Å². The van der Waals surface area contributed by atoms with E-state index < -0.39 is 11.8 Å². The number of pyridine rings is 2. The highest BCUT2D eigenvalue weighted by molar-refractivity contribution is 6.35. The van der Waals surface area contributed by atoms with Crippen LogP contribution in [-0.4, -0.2) is 28.0 Å². The molecule has 7 nitrogen and oxygen atoms in total. The lowest BCUT2D eigenvalue weighted by Gasteiger charge is -2.03. The van der Waals surface area contributed by atoms with Crippen molar-refractivity contribution in [2.45, 2.75) is 6.54 Å². The Labute approximate surface area is 121 Å². The second-order valence-electron chi connectivity index (χ2n) is 3.99. The molecule has 0 unspecified atom stereocenters. The van der Waals surface area contributed by atoms with Gasteiger partial charge in [-0.2, -0.15) is 5.10 Å². The molecule has 2 heterocycles. The topological polar surface area (TPSA) is 96.3 Å². The minimum absolute atomic E-state index is 0.249. The first-order valence-electron chi connectivity index (χ1n) is 6.17. The molecule has 0 fully saturated rings. The Kier molecular flexibility index (Phi) is 5.11. The van der Waals surface area contributed by atoms with Crippen LogP contribution in [0.2, 0.25) is 0 Å². The van der Waals surface area contributed by atoms with E-state index in [-0.39, 0.29) is 6.54 Å². The average Bonchev–Trinajstić information content (AvgIpc) is 2.54. The van der Waals surface area contributed by atoms with Crippen molar-refractivity contribution in [2.24, 2.45) is 5.10 Å². The molecule has 0 spiro atoms. The van der Waals surface area contributed by atoms with E-state index in [1.165, 1.54) is 6.21 Å². The van der Waals surface area contributed by atoms with Gasteiger partial charge >= 0.3 is 11.8 Å². The molecule has 0 aliphatic rings. The SMILES string of the molecule is O=C(NCc1ccncc1)C(=O)NN=Cc1ccccn1. The summed E-state index contributed by atoms with van der Waals surface area (Å²) < 4.78 is 0. The molecule has 0 atom stereocenters. The Bertz CT molecular complexity index is 628. The number of amides is 2. The highest BCUT2D eigenvalue weighted by Crippen LogP contribution is 1.94. The van der Waals surface area contributed by atoms with E-state index in [2.05, 4.69) is 25.8 Å². The largest absolute Gasteiger partial charge is 0.344 e. The third kappa shape index (κ3) is 4.83. The summed E-state index contributed by atoms with van der Waals surface area (Å²) in [6.45, 7) is 0.249. The van der Waals surface area contributed by atoms with Crippen molar-refractivity contribution in [2.75, 3.05) is 0 Å². The van der Waals surface area contributed by atoms with Crippen molar-refractivity contribution in [3.63, 3.8) is 0 Å². The van der Waals surface area contributed by atoms with Crippen molar-refractivity contribution >= 4 is 18.0 Å². The van der Waals surface area contributed by atoms with Crippen LogP contribution in [0.5, 0.6) is 0 Å². The van der Waals surface area contributed by atoms with E-state index in [9.17, 15) is 9.59 Å². The number of hydrazone groups is 1. The van der Waals surface area contributed by atoms with E-state index in [0.717, 1.165) is 5.56 Å². The summed E-state index contributed by atoms with van der Waals surface area (Å²) in [5, 5.41) is 6.14. The Hall–Kier alpha value is -3.09. The van der Waals surface area contributed by atoms with Gasteiger partial charge in [0.1, 0.15) is 0 Å². The second-order valence-corrected chi connectivity index (χ2v) is 3.99. The molecule has 106 valence electrons. The number of nitrogens with one attached hydrogen (secondary N) is 2. The fraction of sp³-hybridized carbons (Fsp3) is 0.0714. The van der Waals surface area contributed by atoms with E-state index in [4.69, 9.17) is 0 Å². The molecular weight excluding hydrogens is 270 g/mol. The van der Waals surface area contributed by atoms with Crippen LogP contribution in [0.1, 0.15) is 11.3 Å². The van der Waals surface area contributed by atoms with Gasteiger partial charge in [-0.25, -0.2) is 5.43 Å². The maximum atomic E-state index is 11.5. The van der Waals surface area contributed by atoms with Crippen molar-refractivity contribution < 1.29 is 9.59 Å². The molecule has 2 aromatic heterocycles. The van der Waals surface area contributed by atoms with Gasteiger partial charge in [0.2, 0.25) is 0 Å². The van der Waals surface area contributed by atoms with Crippen LogP contribution >= 0.6 is 0 Å². The predicted molar refractivity (Wildman–Crippen MR) is 76.1 cm³/mol. The van der Waals surface area contributed by atoms with Gasteiger partial charge in [0.15, 0.2) is 0 Å². The van der Waals surface area contributed by atoms with Crippen molar-refractivity contribution in [3.8, 4) is 0 Å². The zero-order valence-corrected chi connectivity index (χ0v) is 11.1. The maximum absolute atomic E-state index is 11.5. The molecule has 0 radical (unpaired) electrons. The fourth-order valence-corrected chi connectivity index (χ4v) is 1.42. The molecule has 0 saturated carbocycles. The van der Waals surface area contributed by atoms with Crippen molar-refractivity contribution in [1.29, 1.82) is 0 Å². The van der Waals surface area contributed by atoms with Crippen LogP contribution in [0.3, 0.4) is 0 Å². The minimum Gasteiger partial charge on any atom is -0.344 e. The summed E-state index contributed by atoms with van der Waals surface area (Å²) in [7, 11) is 0. The van der Waals surface area contributed by atoms with E-state index in [1.807, 2.05) is 0 Å². The molecule has 0 saturated heterocycles. The molecule has 0 aliphatic carbocycles. The summed E-state index contributed by atoms with van der Waals surface area (Å²) in [6, 6.07) is 8.77. The summed E-state index contributed by atoms with van der Waals surface area (Å²) in [4.78, 5) is 30.9. The Morgan fingerprint density at radius 3 is 2.62 bits per heavy atom. The molecule has 2 N–H and O–H groups in total. The zero-order valence-electron chi connectivity index (χ0n) is 11.1. The summed E-state index contributed by atoms with van der Waals surface area (Å²) in [5.41, 5.74) is 3.56. The third-order valence-electron chi connectivity index (χ3n) is 2.46. The third-order valence-corrected chi connectivity index (χ3v) is 2.46. The number of hydrogen-bond donors (Lipinski definition) is 2. The van der Waals surface area contributed by atoms with Crippen molar-refractivity contribution in [1.82, 2.24) is 20.7 Å². The highest BCUT2D eigenvalue weighted by atomic mass is 16.2. The number of hydrogen-bond acceptors (Lipinski definition) is 5. The quantitative estimate of drug-likeness (QED) is 0.477. The highest BCUT2D eigenvalue weighted by Gasteiger charge is 2.11. The van der Waals surface area contributed by atoms with Crippen LogP contribution in [0.25, 0.3) is 0 Å². The monoisotopic (exact) mass is 283 g/mol. The Balaban J connectivity index is 1.78. The van der Waals surface area contributed by atoms with Gasteiger partial charge in [-0.05, 0) is 29.8 Å². The lowest BCUT2D eigenvalue weighted by Crippen LogP contribution is -2.37. The average molecular weight is 283 g/mol. The predicted octanol–water partition coefficient (Wildman–Crippen LogP) is 0.243. The molecule has 0 bridgehead atoms. The van der Waals surface area contributed by atoms with Gasteiger partial charge in [-0.1, -0.05) is 6.07 Å². The first kappa shape index (κ1) is 14.3. The van der Waals surface area contributed by atoms with Gasteiger partial charge in [0, 0.05) is 25.1 Å². The molecule has 2 amide bonds. The smallest absolute Gasteiger partial charge is 0.329 e. The van der Waals surface area contributed by atoms with Crippen LogP contribution < -0.4 is 10.7 Å². The number of aromatic nitrogens is 2. The van der Waals surface area contributed by atoms with E-state index in [0.29, 0.717) is 5.69 Å². The summed E-state index contributed by atoms with van der Waals surface area (Å²) >= 11 is 0. The van der Waals surface area contributed by atoms with Gasteiger partial charge in [0.25, 0.3) is 0 Å². The molecule has 2 aromatic rings. The molecule has 0 aliphatic heterocycles. The number of nitrogens with zero attached hydrogens (tertiary/aromatic N) is 3. The Morgan fingerprint density at radius 1 is 1.10 bits per heavy atom. The van der Waals surface area contributed by atoms with Crippen LogP contribution in [0, 0.1) is 0 Å². The second kappa shape index (κ2) is 7.49. The van der Waals surface area contributed by atoms with Gasteiger partial charge in [-0.3, -0.25) is 19.6 Å². The van der Waals surface area contributed by atoms with Crippen molar-refractivity contribution in [3.05, 3.63) is 60.2 Å². The number of carbonyl (C=O) groups is 2. The molecular formula is C14H13N5O2. The van der Waals surface area contributed by atoms with Gasteiger partial charge in [-0.15, -0.1) is 0 Å². The zero-order chi connectivity index (χ0) is 14.9. The molecule has 0 aromatic carbocycles. The number of rotatable bonds is 4. The van der Waals surface area contributed by atoms with Crippen LogP contribution in [0.15, 0.2) is 54.0 Å². The Morgan fingerprint density at radius 2 is 1.90 bits per heavy atom. The summed E-state index contributed by atoms with van der Waals surface area (Å²) in [6.07, 6.45) is 6.18. The lowest BCUT2D eigenvalue weighted by atomic mass is 10.3. The normalized spacial score (nSPS) is 10.3. The molecule has 2 rings (SSSR count). The van der Waals surface area contributed by atoms with Crippen LogP contribution in [-0.2, 0) is 16.1 Å². The van der Waals surface area contributed by atoms with Gasteiger partial charge < -0.3 is 5.32 Å². The summed E-state index contributed by atoms with van der Waals surface area (Å²) in [5.74, 6) is -1.60. The molecule has 7 heteroatoms. The standard InChI is InChI=1S/C14H13N5O2/c20-13(17-9-11-4-7-15-8-5-11)14(21)19-18-10-12-3-1-2-6-16-12/h1-8,10H,9H2,(H,17,20)(H,19,21). The molecule has 21 heavy (non-hydrogen) atoms. The minimum atomic E-state index is -0.837. The number of carbonyl (C=O) groups excluding carboxylic acids is 2. The fourth-order valence-electron chi connectivity index (χ4n) is 1.42. The maximum Gasteiger partial charge on any atom is 0.329 e. The lowest BCUT2D eigenvalue weighted by molar-refractivity contribution is -0.139. The van der Waals surface area contributed by atoms with Gasteiger partial charge in [0.05, 0.1) is 11.9 Å². The van der Waals surface area contributed by atoms with E-state index in [1.54, 1.807) is 48.9 Å². The first-order chi connectivity index (χ1) is 10.3.